The lowest BCUT2D eigenvalue weighted by molar-refractivity contribution is -0.149. The Morgan fingerprint density at radius 3 is 2.59 bits per heavy atom. The molecule has 0 bridgehead atoms. The number of aliphatic imine (C=N–C) groups is 1. The summed E-state index contributed by atoms with van der Waals surface area (Å²) in [7, 11) is 1.94. The van der Waals surface area contributed by atoms with Crippen molar-refractivity contribution in [2.24, 2.45) is 18.0 Å². The summed E-state index contributed by atoms with van der Waals surface area (Å²) in [6, 6.07) is 0.292. The largest absolute Gasteiger partial charge is 0.466 e. The zero-order chi connectivity index (χ0) is 21.1. The first-order chi connectivity index (χ1) is 14.0. The van der Waals surface area contributed by atoms with E-state index in [9.17, 15) is 4.79 Å². The molecule has 1 aliphatic carbocycles. The zero-order valence-electron chi connectivity index (χ0n) is 18.2. The van der Waals surface area contributed by atoms with Gasteiger partial charge in [-0.25, -0.2) is 4.99 Å². The topological polar surface area (TPSA) is 103 Å². The molecule has 1 fully saturated rings. The number of carbonyl (C=O) groups excluding carboxylic acids is 1. The van der Waals surface area contributed by atoms with Crippen molar-refractivity contribution in [3.05, 3.63) is 11.6 Å². The van der Waals surface area contributed by atoms with Gasteiger partial charge in [0.2, 0.25) is 0 Å². The predicted octanol–water partition coefficient (Wildman–Crippen LogP) is 1.71. The molecule has 0 radical (unpaired) electrons. The molecule has 1 aromatic heterocycles. The molecule has 164 valence electrons. The molecule has 2 rings (SSSR count). The number of carbonyl (C=O) groups is 1. The second-order valence-electron chi connectivity index (χ2n) is 7.31. The Labute approximate surface area is 173 Å². The number of hydrogen-bond acceptors (Lipinski definition) is 6. The van der Waals surface area contributed by atoms with Crippen molar-refractivity contribution in [2.75, 3.05) is 26.4 Å². The molecular weight excluding hydrogens is 372 g/mol. The second-order valence-corrected chi connectivity index (χ2v) is 7.31. The first kappa shape index (κ1) is 23.1. The van der Waals surface area contributed by atoms with Crippen LogP contribution in [0.1, 0.15) is 57.6 Å². The van der Waals surface area contributed by atoms with Crippen LogP contribution in [0.3, 0.4) is 0 Å². The second kappa shape index (κ2) is 12.4. The molecule has 1 heterocycles. The maximum atomic E-state index is 11.9. The Hall–Kier alpha value is -2.16. The van der Waals surface area contributed by atoms with Gasteiger partial charge < -0.3 is 24.7 Å². The maximum absolute atomic E-state index is 11.9. The number of rotatable bonds is 10. The van der Waals surface area contributed by atoms with Crippen molar-refractivity contribution in [3.63, 3.8) is 0 Å². The molecule has 0 aromatic carbocycles. The predicted molar refractivity (Wildman–Crippen MR) is 112 cm³/mol. The molecule has 0 atom stereocenters. The van der Waals surface area contributed by atoms with Crippen molar-refractivity contribution in [1.29, 1.82) is 0 Å². The van der Waals surface area contributed by atoms with Crippen LogP contribution in [-0.4, -0.2) is 59.1 Å². The highest BCUT2D eigenvalue weighted by molar-refractivity contribution is 5.80. The van der Waals surface area contributed by atoms with E-state index in [1.54, 1.807) is 0 Å². The molecular formula is C20H36N6O3. The Bertz CT molecular complexity index is 653. The summed E-state index contributed by atoms with van der Waals surface area (Å²) in [4.78, 5) is 16.6. The Morgan fingerprint density at radius 2 is 1.97 bits per heavy atom. The molecule has 9 nitrogen and oxygen atoms in total. The number of aryl methyl sites for hydroxylation is 1. The first-order valence-electron chi connectivity index (χ1n) is 10.7. The minimum absolute atomic E-state index is 0.0224. The van der Waals surface area contributed by atoms with Crippen LogP contribution in [0.4, 0.5) is 0 Å². The number of esters is 1. The molecule has 2 N–H and O–H groups in total. The number of hydrogen-bond donors (Lipinski definition) is 2. The third-order valence-corrected chi connectivity index (χ3v) is 5.21. The Kier molecular flexibility index (Phi) is 9.90. The first-order valence-corrected chi connectivity index (χ1v) is 10.7. The smallest absolute Gasteiger partial charge is 0.308 e. The van der Waals surface area contributed by atoms with Gasteiger partial charge in [0, 0.05) is 32.8 Å². The minimum Gasteiger partial charge on any atom is -0.466 e. The van der Waals surface area contributed by atoms with Gasteiger partial charge in [0.25, 0.3) is 0 Å². The van der Waals surface area contributed by atoms with Crippen molar-refractivity contribution >= 4 is 11.9 Å². The maximum Gasteiger partial charge on any atom is 0.308 e. The van der Waals surface area contributed by atoms with E-state index in [1.165, 1.54) is 0 Å². The number of guanidine groups is 1. The van der Waals surface area contributed by atoms with Crippen LogP contribution in [0.2, 0.25) is 0 Å². The molecule has 1 aliphatic rings. The van der Waals surface area contributed by atoms with E-state index < -0.39 is 0 Å². The monoisotopic (exact) mass is 408 g/mol. The highest BCUT2D eigenvalue weighted by Gasteiger charge is 2.27. The van der Waals surface area contributed by atoms with Gasteiger partial charge in [-0.1, -0.05) is 0 Å². The van der Waals surface area contributed by atoms with Crippen LogP contribution < -0.4 is 10.6 Å². The van der Waals surface area contributed by atoms with Gasteiger partial charge in [0.05, 0.1) is 12.5 Å². The van der Waals surface area contributed by atoms with Crippen molar-refractivity contribution < 1.29 is 14.3 Å². The zero-order valence-corrected chi connectivity index (χ0v) is 18.2. The molecule has 29 heavy (non-hydrogen) atoms. The fourth-order valence-corrected chi connectivity index (χ4v) is 3.34. The van der Waals surface area contributed by atoms with Gasteiger partial charge in [-0.05, 0) is 52.9 Å². The third kappa shape index (κ3) is 7.64. The van der Waals surface area contributed by atoms with Gasteiger partial charge in [-0.2, -0.15) is 0 Å². The highest BCUT2D eigenvalue weighted by atomic mass is 16.5. The minimum atomic E-state index is -0.0634. The van der Waals surface area contributed by atoms with E-state index in [2.05, 4.69) is 20.8 Å². The lowest BCUT2D eigenvalue weighted by Gasteiger charge is -2.29. The van der Waals surface area contributed by atoms with E-state index in [1.807, 2.05) is 32.4 Å². The average Bonchev–Trinajstić information content (AvgIpc) is 3.04. The van der Waals surface area contributed by atoms with E-state index >= 15 is 0 Å². The molecule has 1 saturated carbocycles. The van der Waals surface area contributed by atoms with Crippen LogP contribution in [0.5, 0.6) is 0 Å². The van der Waals surface area contributed by atoms with Crippen molar-refractivity contribution in [2.45, 2.75) is 65.5 Å². The van der Waals surface area contributed by atoms with Gasteiger partial charge in [0.1, 0.15) is 12.4 Å². The number of nitrogens with zero attached hydrogens (tertiary/aromatic N) is 4. The number of nitrogens with one attached hydrogen (secondary N) is 2. The van der Waals surface area contributed by atoms with E-state index in [0.29, 0.717) is 19.2 Å². The normalized spacial score (nSPS) is 19.8. The molecule has 1 aromatic rings. The van der Waals surface area contributed by atoms with Gasteiger partial charge >= 0.3 is 5.97 Å². The third-order valence-electron chi connectivity index (χ3n) is 5.21. The average molecular weight is 409 g/mol. The fourth-order valence-electron chi connectivity index (χ4n) is 3.34. The molecule has 0 saturated heterocycles. The summed E-state index contributed by atoms with van der Waals surface area (Å²) in [5.74, 6) is 2.41. The van der Waals surface area contributed by atoms with Crippen LogP contribution in [0.15, 0.2) is 4.99 Å². The van der Waals surface area contributed by atoms with Crippen LogP contribution >= 0.6 is 0 Å². The summed E-state index contributed by atoms with van der Waals surface area (Å²) in [6.45, 7) is 8.91. The van der Waals surface area contributed by atoms with Crippen LogP contribution in [0.25, 0.3) is 0 Å². The summed E-state index contributed by atoms with van der Waals surface area (Å²) < 4.78 is 12.5. The lowest BCUT2D eigenvalue weighted by atomic mass is 9.86. The fraction of sp³-hybridized carbons (Fsp3) is 0.800. The molecule has 0 unspecified atom stereocenters. The van der Waals surface area contributed by atoms with Gasteiger partial charge in [-0.3, -0.25) is 4.79 Å². The van der Waals surface area contributed by atoms with E-state index in [-0.39, 0.29) is 11.9 Å². The van der Waals surface area contributed by atoms with E-state index in [4.69, 9.17) is 14.5 Å². The lowest BCUT2D eigenvalue weighted by Crippen LogP contribution is -2.45. The van der Waals surface area contributed by atoms with Crippen molar-refractivity contribution in [1.82, 2.24) is 25.4 Å². The van der Waals surface area contributed by atoms with Crippen LogP contribution in [0, 0.1) is 12.8 Å². The summed E-state index contributed by atoms with van der Waals surface area (Å²) in [5.41, 5.74) is 0. The summed E-state index contributed by atoms with van der Waals surface area (Å²) in [6.07, 6.45) is 4.44. The summed E-state index contributed by atoms with van der Waals surface area (Å²) >= 11 is 0. The number of ether oxygens (including phenoxy) is 2. The van der Waals surface area contributed by atoms with Gasteiger partial charge in [0.15, 0.2) is 11.8 Å². The molecule has 0 amide bonds. The Balaban J connectivity index is 1.90. The van der Waals surface area contributed by atoms with Crippen molar-refractivity contribution in [3.8, 4) is 0 Å². The SMILES string of the molecule is CCOCCCNC(=NCc1nnc(C)n1C)NC1CCC(C(=O)OCC)CC1. The highest BCUT2D eigenvalue weighted by Crippen LogP contribution is 2.25. The summed E-state index contributed by atoms with van der Waals surface area (Å²) in [5, 5.41) is 15.2. The molecule has 0 aliphatic heterocycles. The van der Waals surface area contributed by atoms with E-state index in [0.717, 1.165) is 69.5 Å². The standard InChI is InChI=1S/C20H36N6O3/c1-5-28-13-7-12-21-20(22-14-18-25-24-15(3)26(18)4)23-17-10-8-16(9-11-17)19(27)29-6-2/h16-17H,5-14H2,1-4H3,(H2,21,22,23). The Morgan fingerprint density at radius 1 is 1.21 bits per heavy atom. The molecule has 9 heteroatoms. The quantitative estimate of drug-likeness (QED) is 0.263. The van der Waals surface area contributed by atoms with Gasteiger partial charge in [-0.15, -0.1) is 10.2 Å². The molecule has 0 spiro atoms. The number of aromatic nitrogens is 3. The van der Waals surface area contributed by atoms with Crippen LogP contribution in [-0.2, 0) is 27.9 Å².